The monoisotopic (exact) mass is 165 g/mol. The molecule has 1 N–H and O–H groups in total. The summed E-state index contributed by atoms with van der Waals surface area (Å²) < 4.78 is 0. The topological polar surface area (TPSA) is 46.2 Å². The van der Waals surface area contributed by atoms with Crippen molar-refractivity contribution >= 4 is 12.6 Å². The maximum absolute atomic E-state index is 10.8. The fourth-order valence-corrected chi connectivity index (χ4v) is 2.34. The standard InChI is InChI=1S/C9H11NO2/c1-5-7(3-11)10-9(4-12)6(2)8(5)9/h3-4,6,8,10H,1-2H3. The molecule has 0 spiro atoms. The number of carbonyl (C=O) groups is 2. The molecule has 3 heteroatoms. The quantitative estimate of drug-likeness (QED) is 0.597. The molecule has 0 radical (unpaired) electrons. The molecule has 2 rings (SSSR count). The second-order valence-electron chi connectivity index (χ2n) is 3.66. The molecule has 1 aliphatic heterocycles. The van der Waals surface area contributed by atoms with Crippen LogP contribution in [0.4, 0.5) is 0 Å². The molecule has 1 heterocycles. The van der Waals surface area contributed by atoms with E-state index in [0.717, 1.165) is 18.1 Å². The van der Waals surface area contributed by atoms with E-state index in [4.69, 9.17) is 0 Å². The fourth-order valence-electron chi connectivity index (χ4n) is 2.34. The highest BCUT2D eigenvalue weighted by molar-refractivity contribution is 5.84. The van der Waals surface area contributed by atoms with E-state index in [2.05, 4.69) is 5.32 Å². The van der Waals surface area contributed by atoms with Crippen molar-refractivity contribution in [2.45, 2.75) is 19.4 Å². The van der Waals surface area contributed by atoms with Gasteiger partial charge in [-0.15, -0.1) is 0 Å². The van der Waals surface area contributed by atoms with Gasteiger partial charge in [0, 0.05) is 5.92 Å². The molecule has 0 aromatic carbocycles. The highest BCUT2D eigenvalue weighted by Gasteiger charge is 2.67. The van der Waals surface area contributed by atoms with Crippen LogP contribution in [0.3, 0.4) is 0 Å². The van der Waals surface area contributed by atoms with Crippen LogP contribution >= 0.6 is 0 Å². The van der Waals surface area contributed by atoms with E-state index in [-0.39, 0.29) is 5.92 Å². The molecule has 0 aromatic rings. The summed E-state index contributed by atoms with van der Waals surface area (Å²) in [6.07, 6.45) is 1.72. The highest BCUT2D eigenvalue weighted by atomic mass is 16.1. The second kappa shape index (κ2) is 1.97. The van der Waals surface area contributed by atoms with Crippen molar-refractivity contribution in [3.05, 3.63) is 11.3 Å². The molecule has 0 saturated heterocycles. The van der Waals surface area contributed by atoms with Crippen molar-refractivity contribution in [3.63, 3.8) is 0 Å². The van der Waals surface area contributed by atoms with Crippen LogP contribution in [0.25, 0.3) is 0 Å². The van der Waals surface area contributed by atoms with Crippen molar-refractivity contribution in [3.8, 4) is 0 Å². The van der Waals surface area contributed by atoms with Gasteiger partial charge >= 0.3 is 0 Å². The Hall–Kier alpha value is -1.12. The minimum Gasteiger partial charge on any atom is -0.370 e. The zero-order valence-electron chi connectivity index (χ0n) is 7.13. The predicted molar refractivity (Wildman–Crippen MR) is 43.3 cm³/mol. The molecular formula is C9H11NO2. The van der Waals surface area contributed by atoms with E-state index in [0.29, 0.717) is 11.6 Å². The Bertz CT molecular complexity index is 295. The van der Waals surface area contributed by atoms with E-state index in [9.17, 15) is 9.59 Å². The number of hydrogen-bond donors (Lipinski definition) is 1. The maximum atomic E-state index is 10.8. The van der Waals surface area contributed by atoms with Gasteiger partial charge in [0.15, 0.2) is 6.29 Å². The largest absolute Gasteiger partial charge is 0.370 e. The first-order valence-corrected chi connectivity index (χ1v) is 4.08. The van der Waals surface area contributed by atoms with Gasteiger partial charge in [-0.05, 0) is 18.4 Å². The van der Waals surface area contributed by atoms with Crippen LogP contribution < -0.4 is 5.32 Å². The van der Waals surface area contributed by atoms with Crippen molar-refractivity contribution in [2.75, 3.05) is 0 Å². The Morgan fingerprint density at radius 2 is 2.17 bits per heavy atom. The van der Waals surface area contributed by atoms with Gasteiger partial charge in [0.25, 0.3) is 0 Å². The van der Waals surface area contributed by atoms with Gasteiger partial charge in [-0.2, -0.15) is 0 Å². The number of aldehydes is 2. The summed E-state index contributed by atoms with van der Waals surface area (Å²) in [5, 5.41) is 2.98. The number of nitrogens with one attached hydrogen (secondary N) is 1. The van der Waals surface area contributed by atoms with E-state index < -0.39 is 5.54 Å². The number of hydrogen-bond acceptors (Lipinski definition) is 3. The van der Waals surface area contributed by atoms with Crippen LogP contribution in [-0.4, -0.2) is 18.1 Å². The summed E-state index contributed by atoms with van der Waals surface area (Å²) in [4.78, 5) is 21.3. The number of carbonyl (C=O) groups excluding carboxylic acids is 2. The van der Waals surface area contributed by atoms with Crippen molar-refractivity contribution in [2.24, 2.45) is 11.8 Å². The summed E-state index contributed by atoms with van der Waals surface area (Å²) in [6, 6.07) is 0. The van der Waals surface area contributed by atoms with E-state index in [1.54, 1.807) is 0 Å². The molecule has 0 aromatic heterocycles. The minimum atomic E-state index is -0.430. The molecule has 12 heavy (non-hydrogen) atoms. The Morgan fingerprint density at radius 1 is 1.50 bits per heavy atom. The molecular weight excluding hydrogens is 154 g/mol. The van der Waals surface area contributed by atoms with E-state index in [1.165, 1.54) is 0 Å². The molecule has 0 amide bonds. The maximum Gasteiger partial charge on any atom is 0.165 e. The zero-order valence-corrected chi connectivity index (χ0v) is 7.13. The Balaban J connectivity index is 2.35. The van der Waals surface area contributed by atoms with Gasteiger partial charge in [-0.25, -0.2) is 0 Å². The molecule has 0 bridgehead atoms. The zero-order chi connectivity index (χ0) is 8.93. The lowest BCUT2D eigenvalue weighted by atomic mass is 10.1. The first-order valence-electron chi connectivity index (χ1n) is 4.08. The Labute approximate surface area is 70.8 Å². The van der Waals surface area contributed by atoms with Gasteiger partial charge in [0.2, 0.25) is 0 Å². The summed E-state index contributed by atoms with van der Waals surface area (Å²) >= 11 is 0. The highest BCUT2D eigenvalue weighted by Crippen LogP contribution is 2.57. The average Bonchev–Trinajstić information content (AvgIpc) is 2.51. The summed E-state index contributed by atoms with van der Waals surface area (Å²) in [5.41, 5.74) is 1.20. The van der Waals surface area contributed by atoms with Gasteiger partial charge in [-0.1, -0.05) is 6.92 Å². The first kappa shape index (κ1) is 7.53. The normalized spacial score (nSPS) is 43.5. The Kier molecular flexibility index (Phi) is 1.24. The third kappa shape index (κ3) is 0.578. The molecule has 2 aliphatic rings. The molecule has 1 fully saturated rings. The molecule has 3 unspecified atom stereocenters. The SMILES string of the molecule is CC1=C(C=O)NC2(C=O)C(C)C12. The van der Waals surface area contributed by atoms with Crippen LogP contribution in [0.15, 0.2) is 11.3 Å². The average molecular weight is 165 g/mol. The number of fused-ring (bicyclic) bond motifs is 1. The second-order valence-corrected chi connectivity index (χ2v) is 3.66. The van der Waals surface area contributed by atoms with Crippen molar-refractivity contribution < 1.29 is 9.59 Å². The molecule has 64 valence electrons. The van der Waals surface area contributed by atoms with Crippen molar-refractivity contribution in [1.29, 1.82) is 0 Å². The Morgan fingerprint density at radius 3 is 2.58 bits per heavy atom. The van der Waals surface area contributed by atoms with Crippen LogP contribution in [0.1, 0.15) is 13.8 Å². The third-order valence-electron chi connectivity index (χ3n) is 3.21. The predicted octanol–water partition coefficient (Wildman–Crippen LogP) is 0.266. The lowest BCUT2D eigenvalue weighted by Crippen LogP contribution is -2.32. The number of rotatable bonds is 2. The summed E-state index contributed by atoms with van der Waals surface area (Å²) in [6.45, 7) is 3.94. The van der Waals surface area contributed by atoms with Crippen LogP contribution in [-0.2, 0) is 9.59 Å². The van der Waals surface area contributed by atoms with Crippen molar-refractivity contribution in [1.82, 2.24) is 5.32 Å². The minimum absolute atomic E-state index is 0.259. The fraction of sp³-hybridized carbons (Fsp3) is 0.556. The van der Waals surface area contributed by atoms with Crippen LogP contribution in [0.5, 0.6) is 0 Å². The van der Waals surface area contributed by atoms with Gasteiger partial charge < -0.3 is 10.1 Å². The van der Waals surface area contributed by atoms with Crippen LogP contribution in [0.2, 0.25) is 0 Å². The molecule has 1 aliphatic carbocycles. The lowest BCUT2D eigenvalue weighted by molar-refractivity contribution is -0.110. The number of allylic oxidation sites excluding steroid dienone is 1. The molecule has 3 atom stereocenters. The molecule has 1 saturated carbocycles. The van der Waals surface area contributed by atoms with Gasteiger partial charge in [0.05, 0.1) is 5.70 Å². The van der Waals surface area contributed by atoms with E-state index >= 15 is 0 Å². The first-order chi connectivity index (χ1) is 5.67. The van der Waals surface area contributed by atoms with Gasteiger partial charge in [-0.3, -0.25) is 4.79 Å². The van der Waals surface area contributed by atoms with Gasteiger partial charge in [0.1, 0.15) is 11.8 Å². The van der Waals surface area contributed by atoms with E-state index in [1.807, 2.05) is 13.8 Å². The summed E-state index contributed by atoms with van der Waals surface area (Å²) in [5.74, 6) is 0.605. The lowest BCUT2D eigenvalue weighted by Gasteiger charge is -2.08. The smallest absolute Gasteiger partial charge is 0.165 e. The molecule has 3 nitrogen and oxygen atoms in total. The summed E-state index contributed by atoms with van der Waals surface area (Å²) in [7, 11) is 0. The van der Waals surface area contributed by atoms with Crippen LogP contribution in [0, 0.1) is 11.8 Å². The third-order valence-corrected chi connectivity index (χ3v) is 3.21.